The van der Waals surface area contributed by atoms with Gasteiger partial charge in [-0.15, -0.1) is 0 Å². The average molecular weight is 263 g/mol. The van der Waals surface area contributed by atoms with Crippen molar-refractivity contribution in [3.8, 4) is 0 Å². The van der Waals surface area contributed by atoms with Gasteiger partial charge in [-0.2, -0.15) is 0 Å². The van der Waals surface area contributed by atoms with Gasteiger partial charge in [0.25, 0.3) is 11.8 Å². The molecule has 1 aromatic rings. The quantitative estimate of drug-likeness (QED) is 0.847. The topological polar surface area (TPSA) is 71.1 Å². The van der Waals surface area contributed by atoms with Crippen molar-refractivity contribution < 1.29 is 9.59 Å². The number of nitrogens with zero attached hydrogens (tertiary/aromatic N) is 1. The Morgan fingerprint density at radius 1 is 1.21 bits per heavy atom. The van der Waals surface area contributed by atoms with Crippen molar-refractivity contribution in [3.05, 3.63) is 29.6 Å². The van der Waals surface area contributed by atoms with Crippen LogP contribution in [0, 0.1) is 5.92 Å². The predicted molar refractivity (Wildman–Crippen MR) is 74.0 cm³/mol. The van der Waals surface area contributed by atoms with Crippen LogP contribution in [0.3, 0.4) is 0 Å². The molecule has 0 spiro atoms. The molecule has 0 fully saturated rings. The molecule has 1 rings (SSSR count). The van der Waals surface area contributed by atoms with Crippen LogP contribution in [0.4, 0.5) is 0 Å². The minimum absolute atomic E-state index is 0.0349. The standard InChI is InChI=1S/C14H21N3O2/c1-9(2)8-16-13(18)11-5-6-15-12(7-11)14(19)17-10(3)4/h5-7,9-10H,8H2,1-4H3,(H,16,18)(H,17,19). The fourth-order valence-corrected chi connectivity index (χ4v) is 1.43. The monoisotopic (exact) mass is 263 g/mol. The van der Waals surface area contributed by atoms with E-state index in [0.717, 1.165) is 0 Å². The third kappa shape index (κ3) is 5.07. The van der Waals surface area contributed by atoms with E-state index in [-0.39, 0.29) is 23.6 Å². The highest BCUT2D eigenvalue weighted by Gasteiger charge is 2.12. The van der Waals surface area contributed by atoms with E-state index >= 15 is 0 Å². The lowest BCUT2D eigenvalue weighted by molar-refractivity contribution is 0.0938. The summed E-state index contributed by atoms with van der Waals surface area (Å²) in [6.45, 7) is 8.39. The van der Waals surface area contributed by atoms with E-state index in [0.29, 0.717) is 18.0 Å². The van der Waals surface area contributed by atoms with Gasteiger partial charge in [-0.05, 0) is 31.9 Å². The molecule has 0 aliphatic rings. The molecule has 5 heteroatoms. The molecule has 2 N–H and O–H groups in total. The molecule has 0 aromatic carbocycles. The Labute approximate surface area is 113 Å². The summed E-state index contributed by atoms with van der Waals surface area (Å²) in [5.41, 5.74) is 0.704. The van der Waals surface area contributed by atoms with Gasteiger partial charge in [0.05, 0.1) is 0 Å². The molecule has 19 heavy (non-hydrogen) atoms. The van der Waals surface area contributed by atoms with Crippen molar-refractivity contribution >= 4 is 11.8 Å². The summed E-state index contributed by atoms with van der Waals surface area (Å²) in [6, 6.07) is 3.14. The summed E-state index contributed by atoms with van der Waals surface area (Å²) in [5.74, 6) is -0.0716. The number of carbonyl (C=O) groups excluding carboxylic acids is 2. The predicted octanol–water partition coefficient (Wildman–Crippen LogP) is 1.61. The van der Waals surface area contributed by atoms with Gasteiger partial charge in [-0.1, -0.05) is 13.8 Å². The van der Waals surface area contributed by atoms with Gasteiger partial charge in [0.2, 0.25) is 0 Å². The number of pyridine rings is 1. The fraction of sp³-hybridized carbons (Fsp3) is 0.500. The summed E-state index contributed by atoms with van der Waals surface area (Å²) in [5, 5.41) is 5.55. The number of hydrogen-bond donors (Lipinski definition) is 2. The summed E-state index contributed by atoms with van der Waals surface area (Å²) < 4.78 is 0. The maximum absolute atomic E-state index is 11.9. The molecule has 0 unspecified atom stereocenters. The van der Waals surface area contributed by atoms with E-state index in [1.165, 1.54) is 12.3 Å². The van der Waals surface area contributed by atoms with Gasteiger partial charge in [0, 0.05) is 24.3 Å². The number of carbonyl (C=O) groups is 2. The molecular weight excluding hydrogens is 242 g/mol. The molecular formula is C14H21N3O2. The van der Waals surface area contributed by atoms with Crippen LogP contribution < -0.4 is 10.6 Å². The number of aromatic nitrogens is 1. The molecule has 104 valence electrons. The zero-order chi connectivity index (χ0) is 14.4. The highest BCUT2D eigenvalue weighted by Crippen LogP contribution is 2.03. The van der Waals surface area contributed by atoms with Gasteiger partial charge in [0.1, 0.15) is 5.69 Å². The summed E-state index contributed by atoms with van der Waals surface area (Å²) in [4.78, 5) is 27.6. The van der Waals surface area contributed by atoms with Gasteiger partial charge in [-0.3, -0.25) is 14.6 Å². The Bertz CT molecular complexity index is 456. The van der Waals surface area contributed by atoms with E-state index in [4.69, 9.17) is 0 Å². The fourth-order valence-electron chi connectivity index (χ4n) is 1.43. The van der Waals surface area contributed by atoms with E-state index in [2.05, 4.69) is 15.6 Å². The first kappa shape index (κ1) is 15.1. The normalized spacial score (nSPS) is 10.6. The highest BCUT2D eigenvalue weighted by atomic mass is 16.2. The zero-order valence-electron chi connectivity index (χ0n) is 11.9. The average Bonchev–Trinajstić information content (AvgIpc) is 2.35. The SMILES string of the molecule is CC(C)CNC(=O)c1ccnc(C(=O)NC(C)C)c1. The molecule has 0 aliphatic carbocycles. The molecule has 0 atom stereocenters. The Hall–Kier alpha value is -1.91. The van der Waals surface area contributed by atoms with E-state index in [9.17, 15) is 9.59 Å². The molecule has 0 saturated carbocycles. The smallest absolute Gasteiger partial charge is 0.270 e. The molecule has 5 nitrogen and oxygen atoms in total. The Morgan fingerprint density at radius 3 is 2.47 bits per heavy atom. The first-order chi connectivity index (χ1) is 8.90. The second-order valence-corrected chi connectivity index (χ2v) is 5.16. The number of rotatable bonds is 5. The Morgan fingerprint density at radius 2 is 1.89 bits per heavy atom. The van der Waals surface area contributed by atoms with Crippen molar-refractivity contribution in [1.29, 1.82) is 0 Å². The number of hydrogen-bond acceptors (Lipinski definition) is 3. The summed E-state index contributed by atoms with van der Waals surface area (Å²) >= 11 is 0. The molecule has 0 radical (unpaired) electrons. The van der Waals surface area contributed by atoms with Gasteiger partial charge >= 0.3 is 0 Å². The maximum atomic E-state index is 11.9. The Kier molecular flexibility index (Phi) is 5.48. The van der Waals surface area contributed by atoms with Crippen LogP contribution in [0.15, 0.2) is 18.3 Å². The van der Waals surface area contributed by atoms with Crippen LogP contribution in [0.2, 0.25) is 0 Å². The van der Waals surface area contributed by atoms with Gasteiger partial charge in [-0.25, -0.2) is 0 Å². The number of nitrogens with one attached hydrogen (secondary N) is 2. The number of amides is 2. The summed E-state index contributed by atoms with van der Waals surface area (Å²) in [7, 11) is 0. The van der Waals surface area contributed by atoms with Crippen molar-refractivity contribution in [2.75, 3.05) is 6.54 Å². The zero-order valence-corrected chi connectivity index (χ0v) is 11.9. The maximum Gasteiger partial charge on any atom is 0.270 e. The second-order valence-electron chi connectivity index (χ2n) is 5.16. The largest absolute Gasteiger partial charge is 0.352 e. The second kappa shape index (κ2) is 6.87. The highest BCUT2D eigenvalue weighted by molar-refractivity contribution is 5.98. The minimum Gasteiger partial charge on any atom is -0.352 e. The van der Waals surface area contributed by atoms with Gasteiger partial charge < -0.3 is 10.6 Å². The lowest BCUT2D eigenvalue weighted by Gasteiger charge is -2.10. The summed E-state index contributed by atoms with van der Waals surface area (Å²) in [6.07, 6.45) is 1.47. The van der Waals surface area contributed by atoms with Crippen molar-refractivity contribution in [2.24, 2.45) is 5.92 Å². The molecule has 0 aliphatic heterocycles. The molecule has 2 amide bonds. The lowest BCUT2D eigenvalue weighted by atomic mass is 10.2. The molecule has 0 saturated heterocycles. The van der Waals surface area contributed by atoms with Crippen molar-refractivity contribution in [2.45, 2.75) is 33.7 Å². The van der Waals surface area contributed by atoms with Crippen molar-refractivity contribution in [3.63, 3.8) is 0 Å². The van der Waals surface area contributed by atoms with Crippen LogP contribution in [0.25, 0.3) is 0 Å². The van der Waals surface area contributed by atoms with E-state index in [1.807, 2.05) is 27.7 Å². The van der Waals surface area contributed by atoms with Crippen LogP contribution in [0.1, 0.15) is 48.5 Å². The van der Waals surface area contributed by atoms with Crippen molar-refractivity contribution in [1.82, 2.24) is 15.6 Å². The van der Waals surface area contributed by atoms with E-state index in [1.54, 1.807) is 6.07 Å². The third-order valence-electron chi connectivity index (χ3n) is 2.35. The van der Waals surface area contributed by atoms with Gasteiger partial charge in [0.15, 0.2) is 0 Å². The first-order valence-electron chi connectivity index (χ1n) is 6.45. The van der Waals surface area contributed by atoms with Crippen LogP contribution in [-0.2, 0) is 0 Å². The van der Waals surface area contributed by atoms with Crippen LogP contribution in [-0.4, -0.2) is 29.4 Å². The first-order valence-corrected chi connectivity index (χ1v) is 6.45. The Balaban J connectivity index is 2.76. The third-order valence-corrected chi connectivity index (χ3v) is 2.35. The van der Waals surface area contributed by atoms with E-state index < -0.39 is 0 Å². The molecule has 0 bridgehead atoms. The molecule has 1 aromatic heterocycles. The van der Waals surface area contributed by atoms with Crippen LogP contribution in [0.5, 0.6) is 0 Å². The lowest BCUT2D eigenvalue weighted by Crippen LogP contribution is -2.31. The molecule has 1 heterocycles. The van der Waals surface area contributed by atoms with Crippen LogP contribution >= 0.6 is 0 Å². The minimum atomic E-state index is -0.270.